The van der Waals surface area contributed by atoms with Crippen molar-refractivity contribution in [3.63, 3.8) is 0 Å². The molecule has 0 fully saturated rings. The van der Waals surface area contributed by atoms with Crippen LogP contribution in [-0.2, 0) is 52.7 Å². The lowest BCUT2D eigenvalue weighted by molar-refractivity contribution is -0.147. The van der Waals surface area contributed by atoms with Gasteiger partial charge in [-0.15, -0.1) is 0 Å². The third kappa shape index (κ3) is 15.3. The Balaban J connectivity index is 1.49. The number of aliphatic hydroxyl groups is 2. The molecule has 1 amide bonds. The van der Waals surface area contributed by atoms with Gasteiger partial charge in [0, 0.05) is 31.3 Å². The predicted molar refractivity (Wildman–Crippen MR) is 226 cm³/mol. The number of hydrogen-bond donors (Lipinski definition) is 4. The zero-order chi connectivity index (χ0) is 43.0. The van der Waals surface area contributed by atoms with E-state index in [1.807, 2.05) is 74.5 Å². The van der Waals surface area contributed by atoms with Crippen LogP contribution in [0.3, 0.4) is 0 Å². The minimum absolute atomic E-state index is 0.0272. The number of hydrogen-bond acceptors (Lipinski definition) is 12. The number of amides is 1. The van der Waals surface area contributed by atoms with Gasteiger partial charge in [0.25, 0.3) is 0 Å². The van der Waals surface area contributed by atoms with Crippen molar-refractivity contribution in [2.45, 2.75) is 83.7 Å². The Hall–Kier alpha value is -4.31. The molecule has 322 valence electrons. The number of carbonyl (C=O) groups excluding carboxylic acids is 1. The van der Waals surface area contributed by atoms with Crippen molar-refractivity contribution in [3.8, 4) is 5.75 Å². The maximum absolute atomic E-state index is 14.2. The molecule has 59 heavy (non-hydrogen) atoms. The highest BCUT2D eigenvalue weighted by Gasteiger charge is 2.33. The number of ether oxygens (including phenoxy) is 3. The molecule has 0 radical (unpaired) electrons. The van der Waals surface area contributed by atoms with Crippen molar-refractivity contribution in [1.29, 1.82) is 0 Å². The van der Waals surface area contributed by atoms with Crippen molar-refractivity contribution in [3.05, 3.63) is 126 Å². The van der Waals surface area contributed by atoms with Gasteiger partial charge in [-0.2, -0.15) is 4.31 Å². The van der Waals surface area contributed by atoms with E-state index in [1.165, 1.54) is 28.6 Å². The SMILES string of the molecule is CCO[C@H](O)[C@@H](C)[C@H](C)OC(=O)N[C@@H](Cc1ccc(N)cc1)[C@H](O)CN(CC(C)C)S(=O)(=O)c1ccc(OCP(=O)(OCc2ccccc2)OCc2ccccc2)cc1. The van der Waals surface area contributed by atoms with Crippen LogP contribution < -0.4 is 15.8 Å². The number of nitrogens with two attached hydrogens (primary N) is 1. The van der Waals surface area contributed by atoms with Crippen LogP contribution in [0.1, 0.15) is 51.3 Å². The third-order valence-corrected chi connectivity index (χ3v) is 12.7. The molecule has 0 aliphatic heterocycles. The molecule has 4 aromatic carbocycles. The summed E-state index contributed by atoms with van der Waals surface area (Å²) in [6.07, 6.45) is -4.47. The quantitative estimate of drug-likeness (QED) is 0.0322. The fourth-order valence-electron chi connectivity index (χ4n) is 5.84. The molecule has 0 unspecified atom stereocenters. The van der Waals surface area contributed by atoms with E-state index in [-0.39, 0.29) is 55.9 Å². The van der Waals surface area contributed by atoms with E-state index in [0.717, 1.165) is 16.7 Å². The van der Waals surface area contributed by atoms with Crippen LogP contribution in [0.15, 0.2) is 114 Å². The molecule has 4 aromatic rings. The molecule has 16 heteroatoms. The topological polar surface area (TPSA) is 196 Å². The maximum Gasteiger partial charge on any atom is 0.407 e. The molecular weight excluding hydrogens is 798 g/mol. The Labute approximate surface area is 348 Å². The van der Waals surface area contributed by atoms with E-state index in [9.17, 15) is 28.0 Å². The molecule has 5 N–H and O–H groups in total. The zero-order valence-electron chi connectivity index (χ0n) is 34.3. The van der Waals surface area contributed by atoms with Gasteiger partial charge >= 0.3 is 13.7 Å². The highest BCUT2D eigenvalue weighted by Crippen LogP contribution is 2.49. The van der Waals surface area contributed by atoms with E-state index < -0.39 is 60.5 Å². The summed E-state index contributed by atoms with van der Waals surface area (Å²) in [5.41, 5.74) is 8.73. The van der Waals surface area contributed by atoms with Gasteiger partial charge in [-0.3, -0.25) is 4.57 Å². The van der Waals surface area contributed by atoms with Crippen LogP contribution in [0.2, 0.25) is 0 Å². The smallest absolute Gasteiger partial charge is 0.407 e. The number of nitrogens with one attached hydrogen (secondary N) is 1. The number of nitrogen functional groups attached to an aromatic ring is 1. The number of benzene rings is 4. The Kier molecular flexibility index (Phi) is 18.4. The van der Waals surface area contributed by atoms with Gasteiger partial charge in [0.1, 0.15) is 11.9 Å². The van der Waals surface area contributed by atoms with Gasteiger partial charge in [0.05, 0.1) is 30.3 Å². The summed E-state index contributed by atoms with van der Waals surface area (Å²) in [5.74, 6) is -0.460. The number of rotatable bonds is 24. The second kappa shape index (κ2) is 22.9. The monoisotopic (exact) mass is 855 g/mol. The molecule has 5 atom stereocenters. The summed E-state index contributed by atoms with van der Waals surface area (Å²) in [7, 11) is -8.02. The van der Waals surface area contributed by atoms with Gasteiger partial charge < -0.3 is 44.5 Å². The minimum Gasteiger partial charge on any atom is -0.481 e. The number of carbonyl (C=O) groups is 1. The van der Waals surface area contributed by atoms with Crippen LogP contribution in [0.25, 0.3) is 0 Å². The second-order valence-electron chi connectivity index (χ2n) is 14.7. The number of sulfonamides is 1. The molecule has 0 bridgehead atoms. The van der Waals surface area contributed by atoms with Crippen LogP contribution in [0, 0.1) is 11.8 Å². The summed E-state index contributed by atoms with van der Waals surface area (Å²) in [6.45, 7) is 8.74. The molecule has 14 nitrogen and oxygen atoms in total. The predicted octanol–water partition coefficient (Wildman–Crippen LogP) is 6.96. The van der Waals surface area contributed by atoms with E-state index >= 15 is 0 Å². The van der Waals surface area contributed by atoms with Crippen LogP contribution in [0.4, 0.5) is 10.5 Å². The first-order valence-corrected chi connectivity index (χ1v) is 22.7. The second-order valence-corrected chi connectivity index (χ2v) is 18.6. The molecule has 4 rings (SSSR count). The fourth-order valence-corrected chi connectivity index (χ4v) is 8.68. The normalized spacial score (nSPS) is 14.7. The lowest BCUT2D eigenvalue weighted by atomic mass is 10.0. The summed E-state index contributed by atoms with van der Waals surface area (Å²) in [4.78, 5) is 13.1. The van der Waals surface area contributed by atoms with Gasteiger partial charge in [0.2, 0.25) is 10.0 Å². The molecule has 0 aromatic heterocycles. The lowest BCUT2D eigenvalue weighted by Gasteiger charge is -2.31. The summed E-state index contributed by atoms with van der Waals surface area (Å²) >= 11 is 0. The first kappa shape index (κ1) is 47.4. The summed E-state index contributed by atoms with van der Waals surface area (Å²) in [5, 5.41) is 24.6. The average molecular weight is 856 g/mol. The van der Waals surface area contributed by atoms with E-state index in [0.29, 0.717) is 5.69 Å². The van der Waals surface area contributed by atoms with Crippen molar-refractivity contribution >= 4 is 29.4 Å². The molecule has 0 aliphatic rings. The maximum atomic E-state index is 14.2. The Morgan fingerprint density at radius 3 is 1.88 bits per heavy atom. The van der Waals surface area contributed by atoms with E-state index in [2.05, 4.69) is 5.32 Å². The molecule has 0 aliphatic carbocycles. The number of alkyl carbamates (subject to hydrolysis) is 1. The van der Waals surface area contributed by atoms with Gasteiger partial charge in [-0.05, 0) is 79.3 Å². The largest absolute Gasteiger partial charge is 0.481 e. The summed E-state index contributed by atoms with van der Waals surface area (Å²) < 4.78 is 71.7. The summed E-state index contributed by atoms with van der Waals surface area (Å²) in [6, 6.07) is 30.0. The van der Waals surface area contributed by atoms with Crippen LogP contribution >= 0.6 is 7.60 Å². The van der Waals surface area contributed by atoms with Gasteiger partial charge in [-0.1, -0.05) is 93.6 Å². The Bertz CT molecular complexity index is 1960. The van der Waals surface area contributed by atoms with Gasteiger partial charge in [0.15, 0.2) is 12.6 Å². The van der Waals surface area contributed by atoms with Crippen molar-refractivity contribution in [2.75, 3.05) is 31.8 Å². The number of aliphatic hydroxyl groups excluding tert-OH is 2. The highest BCUT2D eigenvalue weighted by atomic mass is 32.2. The first-order chi connectivity index (χ1) is 28.1. The van der Waals surface area contributed by atoms with Crippen LogP contribution in [0.5, 0.6) is 5.75 Å². The lowest BCUT2D eigenvalue weighted by Crippen LogP contribution is -2.51. The molecule has 0 saturated heterocycles. The van der Waals surface area contributed by atoms with Crippen LogP contribution in [-0.4, -0.2) is 79.6 Å². The van der Waals surface area contributed by atoms with Crippen molar-refractivity contribution in [2.24, 2.45) is 11.8 Å². The molecule has 0 heterocycles. The Morgan fingerprint density at radius 2 is 1.36 bits per heavy atom. The molecular formula is C43H58N3O11PS. The van der Waals surface area contributed by atoms with E-state index in [1.54, 1.807) is 45.0 Å². The minimum atomic E-state index is -4.20. The van der Waals surface area contributed by atoms with Crippen molar-refractivity contribution < 1.29 is 51.2 Å². The fraction of sp³-hybridized carbons (Fsp3) is 0.419. The van der Waals surface area contributed by atoms with Crippen molar-refractivity contribution in [1.82, 2.24) is 9.62 Å². The average Bonchev–Trinajstić information content (AvgIpc) is 3.22. The zero-order valence-corrected chi connectivity index (χ0v) is 36.0. The Morgan fingerprint density at radius 1 is 0.797 bits per heavy atom. The molecule has 0 spiro atoms. The third-order valence-electron chi connectivity index (χ3n) is 9.38. The van der Waals surface area contributed by atoms with Gasteiger partial charge in [-0.25, -0.2) is 13.2 Å². The number of anilines is 1. The standard InChI is InChI=1S/C43H58N3O11PS/c1-6-53-42(48)32(4)33(5)57-43(49)45-40(25-34-17-19-37(44)20-18-34)41(47)27-46(26-31(2)3)59(51,52)39-23-21-38(22-24-39)54-30-58(50,55-28-35-13-9-7-10-14-35)56-29-36-15-11-8-12-16-36/h7-24,31-33,40-42,47-48H,6,25-30,44H2,1-5H3,(H,45,49)/t32-,33-,40-,41+,42-/m0/s1. The molecule has 0 saturated carbocycles. The first-order valence-electron chi connectivity index (χ1n) is 19.6. The number of nitrogens with zero attached hydrogens (tertiary/aromatic N) is 1. The van der Waals surface area contributed by atoms with E-state index in [4.69, 9.17) is 29.0 Å². The highest BCUT2D eigenvalue weighted by molar-refractivity contribution is 7.89.